The first kappa shape index (κ1) is 16.7. The summed E-state index contributed by atoms with van der Waals surface area (Å²) in [6.45, 7) is 5.65. The molecule has 6 nitrogen and oxygen atoms in total. The molecule has 0 saturated heterocycles. The number of aromatic nitrogens is 4. The zero-order valence-electron chi connectivity index (χ0n) is 13.5. The lowest BCUT2D eigenvalue weighted by Crippen LogP contribution is -2.32. The van der Waals surface area contributed by atoms with Crippen LogP contribution in [0, 0.1) is 20.8 Å². The summed E-state index contributed by atoms with van der Waals surface area (Å²) in [5.74, 6) is 6.23. The van der Waals surface area contributed by atoms with E-state index in [4.69, 9.17) is 17.4 Å². The predicted octanol–water partition coefficient (Wildman–Crippen LogP) is 2.77. The topological polar surface area (TPSA) is 86.7 Å². The van der Waals surface area contributed by atoms with E-state index in [1.807, 2.05) is 26.0 Å². The van der Waals surface area contributed by atoms with Gasteiger partial charge in [0.15, 0.2) is 0 Å². The quantitative estimate of drug-likeness (QED) is 0.438. The fourth-order valence-electron chi connectivity index (χ4n) is 2.32. The van der Waals surface area contributed by atoms with E-state index >= 15 is 0 Å². The zero-order valence-corrected chi connectivity index (χ0v) is 15.1. The van der Waals surface area contributed by atoms with Crippen molar-refractivity contribution in [2.45, 2.75) is 31.7 Å². The van der Waals surface area contributed by atoms with Crippen LogP contribution in [0.1, 0.15) is 22.4 Å². The number of nitrogen functional groups attached to an aromatic ring is 1. The van der Waals surface area contributed by atoms with Crippen molar-refractivity contribution in [1.29, 1.82) is 0 Å². The number of hydrogen-bond acceptors (Lipinski definition) is 6. The molecule has 0 saturated carbocycles. The Morgan fingerprint density at radius 3 is 2.75 bits per heavy atom. The lowest BCUT2D eigenvalue weighted by atomic mass is 10.0. The Bertz CT molecular complexity index is 1000. The molecule has 0 aliphatic rings. The minimum atomic E-state index is -0.360. The van der Waals surface area contributed by atoms with Gasteiger partial charge in [-0.15, -0.1) is 10.2 Å². The lowest BCUT2D eigenvalue weighted by Gasteiger charge is -2.10. The van der Waals surface area contributed by atoms with Crippen molar-refractivity contribution < 1.29 is 0 Å². The summed E-state index contributed by atoms with van der Waals surface area (Å²) in [5, 5.41) is 9.57. The van der Waals surface area contributed by atoms with Crippen LogP contribution < -0.4 is 11.4 Å². The van der Waals surface area contributed by atoms with Crippen molar-refractivity contribution in [3.63, 3.8) is 0 Å². The summed E-state index contributed by atoms with van der Waals surface area (Å²) in [6, 6.07) is 6.09. The van der Waals surface area contributed by atoms with Gasteiger partial charge in [-0.25, -0.2) is 4.98 Å². The molecule has 0 atom stereocenters. The number of aryl methyl sites for hydroxylation is 3. The maximum Gasteiger partial charge on any atom is 0.294 e. The molecule has 0 bridgehead atoms. The first-order chi connectivity index (χ1) is 11.4. The van der Waals surface area contributed by atoms with Crippen LogP contribution in [0.2, 0.25) is 5.15 Å². The molecule has 0 spiro atoms. The average Bonchev–Trinajstić information content (AvgIpc) is 2.56. The number of benzene rings is 1. The fraction of sp³-hybridized carbons (Fsp3) is 0.250. The van der Waals surface area contributed by atoms with Gasteiger partial charge >= 0.3 is 0 Å². The Morgan fingerprint density at radius 2 is 2.00 bits per heavy atom. The van der Waals surface area contributed by atoms with Gasteiger partial charge in [0.1, 0.15) is 10.8 Å². The Kier molecular flexibility index (Phi) is 4.47. The summed E-state index contributed by atoms with van der Waals surface area (Å²) in [6.07, 6.45) is 0. The maximum absolute atomic E-state index is 11.8. The van der Waals surface area contributed by atoms with Gasteiger partial charge in [0.25, 0.3) is 5.56 Å². The second-order valence-electron chi connectivity index (χ2n) is 5.55. The summed E-state index contributed by atoms with van der Waals surface area (Å²) >= 11 is 7.62. The van der Waals surface area contributed by atoms with Crippen molar-refractivity contribution in [3.8, 4) is 0 Å². The zero-order chi connectivity index (χ0) is 17.4. The monoisotopic (exact) mass is 361 g/mol. The molecule has 1 aromatic carbocycles. The van der Waals surface area contributed by atoms with E-state index in [0.717, 1.165) is 26.7 Å². The summed E-state index contributed by atoms with van der Waals surface area (Å²) in [5.41, 5.74) is 3.95. The standard InChI is InChI=1S/C16H16ClN5OS/c1-8-4-5-11-6-12(14(17)19-13(11)9(8)2)7-24-16-21-20-10(3)15(23)22(16)18/h4-6H,7,18H2,1-3H3. The van der Waals surface area contributed by atoms with Gasteiger partial charge in [0.05, 0.1) is 5.52 Å². The van der Waals surface area contributed by atoms with E-state index in [2.05, 4.69) is 21.2 Å². The van der Waals surface area contributed by atoms with E-state index in [1.54, 1.807) is 6.92 Å². The molecule has 2 N–H and O–H groups in total. The molecule has 2 aromatic heterocycles. The summed E-state index contributed by atoms with van der Waals surface area (Å²) < 4.78 is 1.00. The predicted molar refractivity (Wildman–Crippen MR) is 97.0 cm³/mol. The van der Waals surface area contributed by atoms with Crippen LogP contribution in [0.4, 0.5) is 0 Å². The minimum absolute atomic E-state index is 0.262. The van der Waals surface area contributed by atoms with Gasteiger partial charge in [0.2, 0.25) is 5.16 Å². The maximum atomic E-state index is 11.8. The molecule has 8 heteroatoms. The summed E-state index contributed by atoms with van der Waals surface area (Å²) in [4.78, 5) is 16.3. The number of thioether (sulfide) groups is 1. The molecular formula is C16H16ClN5OS. The highest BCUT2D eigenvalue weighted by molar-refractivity contribution is 7.98. The van der Waals surface area contributed by atoms with Gasteiger partial charge in [-0.1, -0.05) is 35.5 Å². The average molecular weight is 362 g/mol. The number of fused-ring (bicyclic) bond motifs is 1. The van der Waals surface area contributed by atoms with Crippen LogP contribution in [0.15, 0.2) is 28.2 Å². The van der Waals surface area contributed by atoms with Crippen LogP contribution in [0.3, 0.4) is 0 Å². The van der Waals surface area contributed by atoms with Crippen molar-refractivity contribution in [3.05, 3.63) is 56.1 Å². The molecule has 0 fully saturated rings. The Hall–Kier alpha value is -2.12. The second kappa shape index (κ2) is 6.41. The smallest absolute Gasteiger partial charge is 0.294 e. The molecular weight excluding hydrogens is 346 g/mol. The van der Waals surface area contributed by atoms with Gasteiger partial charge in [-0.2, -0.15) is 4.68 Å². The number of halogens is 1. The van der Waals surface area contributed by atoms with E-state index in [0.29, 0.717) is 16.1 Å². The third-order valence-corrected chi connectivity index (χ3v) is 5.23. The number of pyridine rings is 1. The number of hydrogen-bond donors (Lipinski definition) is 1. The molecule has 0 radical (unpaired) electrons. The highest BCUT2D eigenvalue weighted by atomic mass is 35.5. The summed E-state index contributed by atoms with van der Waals surface area (Å²) in [7, 11) is 0. The molecule has 0 aliphatic carbocycles. The van der Waals surface area contributed by atoms with E-state index in [9.17, 15) is 4.79 Å². The van der Waals surface area contributed by atoms with E-state index in [-0.39, 0.29) is 11.3 Å². The van der Waals surface area contributed by atoms with Crippen molar-refractivity contribution in [2.75, 3.05) is 5.84 Å². The van der Waals surface area contributed by atoms with Crippen LogP contribution in [-0.4, -0.2) is 19.9 Å². The molecule has 0 aliphatic heterocycles. The van der Waals surface area contributed by atoms with Crippen LogP contribution in [0.5, 0.6) is 0 Å². The lowest BCUT2D eigenvalue weighted by molar-refractivity contribution is 0.681. The normalized spacial score (nSPS) is 11.2. The van der Waals surface area contributed by atoms with Crippen molar-refractivity contribution in [1.82, 2.24) is 19.9 Å². The molecule has 3 rings (SSSR count). The SMILES string of the molecule is Cc1ccc2cc(CSc3nnc(C)c(=O)n3N)c(Cl)nc2c1C. The molecule has 2 heterocycles. The number of nitrogens with two attached hydrogens (primary N) is 1. The van der Waals surface area contributed by atoms with Gasteiger partial charge < -0.3 is 5.84 Å². The van der Waals surface area contributed by atoms with Gasteiger partial charge in [-0.05, 0) is 38.0 Å². The first-order valence-electron chi connectivity index (χ1n) is 7.28. The van der Waals surface area contributed by atoms with Crippen LogP contribution >= 0.6 is 23.4 Å². The highest BCUT2D eigenvalue weighted by Gasteiger charge is 2.12. The van der Waals surface area contributed by atoms with Gasteiger partial charge in [-0.3, -0.25) is 4.79 Å². The molecule has 0 amide bonds. The Balaban J connectivity index is 1.94. The first-order valence-corrected chi connectivity index (χ1v) is 8.64. The minimum Gasteiger partial charge on any atom is -0.334 e. The fourth-order valence-corrected chi connectivity index (χ4v) is 3.43. The second-order valence-corrected chi connectivity index (χ2v) is 6.85. The molecule has 3 aromatic rings. The van der Waals surface area contributed by atoms with Crippen LogP contribution in [-0.2, 0) is 5.75 Å². The van der Waals surface area contributed by atoms with Gasteiger partial charge in [0, 0.05) is 16.7 Å². The third-order valence-electron chi connectivity index (χ3n) is 3.91. The van der Waals surface area contributed by atoms with Crippen LogP contribution in [0.25, 0.3) is 10.9 Å². The number of rotatable bonds is 3. The van der Waals surface area contributed by atoms with Crippen molar-refractivity contribution >= 4 is 34.3 Å². The number of nitrogens with zero attached hydrogens (tertiary/aromatic N) is 4. The Labute approximate surface area is 148 Å². The largest absolute Gasteiger partial charge is 0.334 e. The highest BCUT2D eigenvalue weighted by Crippen LogP contribution is 2.28. The van der Waals surface area contributed by atoms with E-state index in [1.165, 1.54) is 17.3 Å². The third kappa shape index (κ3) is 2.97. The molecule has 24 heavy (non-hydrogen) atoms. The Morgan fingerprint density at radius 1 is 1.25 bits per heavy atom. The van der Waals surface area contributed by atoms with E-state index < -0.39 is 0 Å². The van der Waals surface area contributed by atoms with Crippen molar-refractivity contribution in [2.24, 2.45) is 0 Å². The molecule has 0 unspecified atom stereocenters. The molecule has 124 valence electrons.